The third-order valence-electron chi connectivity index (χ3n) is 1.09. The molecule has 0 fully saturated rings. The molecule has 0 heterocycles. The summed E-state index contributed by atoms with van der Waals surface area (Å²) in [7, 11) is 1.04. The molecule has 0 saturated heterocycles. The van der Waals surface area contributed by atoms with Crippen molar-refractivity contribution in [3.63, 3.8) is 0 Å². The predicted octanol–water partition coefficient (Wildman–Crippen LogP) is 1.18. The Bertz CT molecular complexity index is 96.1. The van der Waals surface area contributed by atoms with E-state index < -0.39 is 11.8 Å². The molecule has 0 aliphatic carbocycles. The monoisotopic (exact) mass is 185 g/mol. The largest absolute Gasteiger partial charge is 0.387 e. The van der Waals surface area contributed by atoms with Crippen LogP contribution in [-0.4, -0.2) is 23.4 Å². The fourth-order valence-electron chi connectivity index (χ4n) is 0.360. The van der Waals surface area contributed by atoms with Crippen LogP contribution in [0, 0.1) is 0 Å². The number of hydrogen-bond donors (Lipinski definition) is 3. The van der Waals surface area contributed by atoms with Crippen molar-refractivity contribution in [2.75, 3.05) is 6.54 Å². The lowest BCUT2D eigenvalue weighted by Crippen LogP contribution is -2.38. The van der Waals surface area contributed by atoms with Crippen molar-refractivity contribution in [2.45, 2.75) is 25.6 Å². The first-order valence-electron chi connectivity index (χ1n) is 2.88. The fraction of sp³-hybridized carbons (Fsp3) is 1.00. The molecule has 0 aromatic carbocycles. The number of nitrogens with one attached hydrogen (secondary N) is 1. The quantitative estimate of drug-likeness (QED) is 0.349. The van der Waals surface area contributed by atoms with E-state index in [1.54, 1.807) is 0 Å². The maximum absolute atomic E-state index is 12.7. The Morgan fingerprint density at radius 1 is 1.80 bits per heavy atom. The number of hydrogen-bond acceptors (Lipinski definition) is 4. The van der Waals surface area contributed by atoms with Gasteiger partial charge in [-0.1, -0.05) is 11.7 Å². The van der Waals surface area contributed by atoms with Crippen molar-refractivity contribution in [3.05, 3.63) is 0 Å². The summed E-state index contributed by atoms with van der Waals surface area (Å²) in [6, 6.07) is 0. The zero-order valence-electron chi connectivity index (χ0n) is 5.97. The Balaban J connectivity index is 3.52. The van der Waals surface area contributed by atoms with Gasteiger partial charge in [-0.25, -0.2) is 4.39 Å². The average Bonchev–Trinajstić information content (AvgIpc) is 1.80. The molecule has 2 nitrogen and oxygen atoms in total. The Morgan fingerprint density at radius 3 is 2.60 bits per heavy atom. The highest BCUT2D eigenvalue weighted by Gasteiger charge is 2.25. The van der Waals surface area contributed by atoms with Gasteiger partial charge in [0.15, 0.2) is 0 Å². The maximum atomic E-state index is 12.7. The molecule has 1 unspecified atom stereocenters. The van der Waals surface area contributed by atoms with Crippen LogP contribution in [0.15, 0.2) is 0 Å². The first-order chi connectivity index (χ1) is 4.48. The molecule has 0 aromatic heterocycles. The summed E-state index contributed by atoms with van der Waals surface area (Å²) >= 11 is 3.75. The minimum atomic E-state index is -1.27. The predicted molar refractivity (Wildman–Crippen MR) is 45.8 cm³/mol. The van der Waals surface area contributed by atoms with Crippen molar-refractivity contribution < 1.29 is 9.50 Å². The molecule has 0 aromatic rings. The molecule has 0 amide bonds. The van der Waals surface area contributed by atoms with Crippen LogP contribution in [0.4, 0.5) is 4.39 Å². The Hall–Kier alpha value is 0.550. The molecule has 0 aliphatic rings. The molecule has 0 bridgehead atoms. The number of aliphatic hydroxyl groups is 1. The second kappa shape index (κ2) is 4.43. The van der Waals surface area contributed by atoms with Gasteiger partial charge >= 0.3 is 0 Å². The Morgan fingerprint density at radius 2 is 2.30 bits per heavy atom. The highest BCUT2D eigenvalue weighted by Crippen LogP contribution is 2.12. The van der Waals surface area contributed by atoms with Crippen LogP contribution in [0.5, 0.6) is 0 Å². The summed E-state index contributed by atoms with van der Waals surface area (Å²) in [6.07, 6.45) is -1.26. The van der Waals surface area contributed by atoms with Gasteiger partial charge in [-0.05, 0) is 24.8 Å². The molecule has 0 spiro atoms. The molecule has 1 atom stereocenters. The van der Waals surface area contributed by atoms with Crippen molar-refractivity contribution in [1.29, 1.82) is 0 Å². The van der Waals surface area contributed by atoms with Gasteiger partial charge in [-0.3, -0.25) is 4.72 Å². The van der Waals surface area contributed by atoms with Gasteiger partial charge in [0.1, 0.15) is 6.17 Å². The molecule has 0 radical (unpaired) electrons. The standard InChI is InChI=1S/C5H12FNOS2/c1-5(2,8)4(6)3-7-10-9/h4,7-9H,3H2,1-2H3. The summed E-state index contributed by atoms with van der Waals surface area (Å²) in [5.41, 5.74) is -1.27. The summed E-state index contributed by atoms with van der Waals surface area (Å²) in [6.45, 7) is 2.97. The van der Waals surface area contributed by atoms with Gasteiger partial charge in [-0.2, -0.15) is 0 Å². The van der Waals surface area contributed by atoms with E-state index in [2.05, 4.69) is 16.4 Å². The van der Waals surface area contributed by atoms with Gasteiger partial charge in [-0.15, -0.1) is 0 Å². The SMILES string of the molecule is CC(C)(O)C(F)CNSS. The number of halogens is 1. The third kappa shape index (κ3) is 4.38. The van der Waals surface area contributed by atoms with E-state index in [1.807, 2.05) is 0 Å². The van der Waals surface area contributed by atoms with Gasteiger partial charge in [0.2, 0.25) is 0 Å². The third-order valence-corrected chi connectivity index (χ3v) is 1.78. The summed E-state index contributed by atoms with van der Waals surface area (Å²) < 4.78 is 15.3. The zero-order chi connectivity index (χ0) is 8.20. The van der Waals surface area contributed by atoms with Crippen molar-refractivity contribution in [1.82, 2.24) is 4.72 Å². The van der Waals surface area contributed by atoms with Crippen LogP contribution in [0.2, 0.25) is 0 Å². The Kier molecular flexibility index (Phi) is 4.68. The maximum Gasteiger partial charge on any atom is 0.141 e. The summed E-state index contributed by atoms with van der Waals surface area (Å²) in [4.78, 5) is 0. The zero-order valence-corrected chi connectivity index (χ0v) is 7.68. The number of alkyl halides is 1. The van der Waals surface area contributed by atoms with Crippen LogP contribution in [0.1, 0.15) is 13.8 Å². The highest BCUT2D eigenvalue weighted by atomic mass is 33.1. The Labute approximate surface area is 69.5 Å². The fourth-order valence-corrected chi connectivity index (χ4v) is 0.805. The van der Waals surface area contributed by atoms with E-state index in [-0.39, 0.29) is 6.54 Å². The van der Waals surface area contributed by atoms with Gasteiger partial charge < -0.3 is 5.11 Å². The normalized spacial score (nSPS) is 15.3. The lowest BCUT2D eigenvalue weighted by Gasteiger charge is -2.21. The lowest BCUT2D eigenvalue weighted by molar-refractivity contribution is 0.000194. The van der Waals surface area contributed by atoms with Crippen LogP contribution < -0.4 is 4.72 Å². The van der Waals surface area contributed by atoms with Crippen molar-refractivity contribution >= 4 is 22.6 Å². The van der Waals surface area contributed by atoms with E-state index >= 15 is 0 Å². The smallest absolute Gasteiger partial charge is 0.141 e. The van der Waals surface area contributed by atoms with Crippen LogP contribution in [0.3, 0.4) is 0 Å². The molecule has 0 saturated carbocycles. The van der Waals surface area contributed by atoms with E-state index in [1.165, 1.54) is 13.8 Å². The number of thiol groups is 1. The van der Waals surface area contributed by atoms with Crippen molar-refractivity contribution in [3.8, 4) is 0 Å². The molecular formula is C5H12FNOS2. The molecule has 2 N–H and O–H groups in total. The summed E-state index contributed by atoms with van der Waals surface area (Å²) in [5, 5.41) is 9.06. The second-order valence-corrected chi connectivity index (χ2v) is 3.58. The summed E-state index contributed by atoms with van der Waals surface area (Å²) in [5.74, 6) is 0. The minimum absolute atomic E-state index is 0.109. The lowest BCUT2D eigenvalue weighted by atomic mass is 10.0. The van der Waals surface area contributed by atoms with Crippen LogP contribution >= 0.6 is 22.6 Å². The van der Waals surface area contributed by atoms with Gasteiger partial charge in [0, 0.05) is 6.54 Å². The van der Waals surface area contributed by atoms with E-state index in [0.717, 1.165) is 11.0 Å². The number of rotatable bonds is 4. The minimum Gasteiger partial charge on any atom is -0.387 e. The van der Waals surface area contributed by atoms with Crippen LogP contribution in [-0.2, 0) is 0 Å². The average molecular weight is 185 g/mol. The molecule has 5 heteroatoms. The van der Waals surface area contributed by atoms with Crippen LogP contribution in [0.25, 0.3) is 0 Å². The molecular weight excluding hydrogens is 173 g/mol. The van der Waals surface area contributed by atoms with Crippen molar-refractivity contribution in [2.24, 2.45) is 0 Å². The first-order valence-corrected chi connectivity index (χ1v) is 4.75. The van der Waals surface area contributed by atoms with E-state index in [4.69, 9.17) is 5.11 Å². The molecule has 0 aliphatic heterocycles. The second-order valence-electron chi connectivity index (χ2n) is 2.56. The topological polar surface area (TPSA) is 32.3 Å². The molecule has 10 heavy (non-hydrogen) atoms. The molecule has 0 rings (SSSR count). The van der Waals surface area contributed by atoms with E-state index in [9.17, 15) is 4.39 Å². The van der Waals surface area contributed by atoms with Gasteiger partial charge in [0.05, 0.1) is 5.60 Å². The van der Waals surface area contributed by atoms with E-state index in [0.29, 0.717) is 0 Å². The first kappa shape index (κ1) is 10.6. The van der Waals surface area contributed by atoms with Gasteiger partial charge in [0.25, 0.3) is 0 Å². The molecule has 62 valence electrons. The highest BCUT2D eigenvalue weighted by molar-refractivity contribution is 8.67.